The van der Waals surface area contributed by atoms with Crippen molar-refractivity contribution in [2.45, 2.75) is 30.8 Å². The van der Waals surface area contributed by atoms with Gasteiger partial charge in [-0.1, -0.05) is 41.5 Å². The molecule has 0 spiro atoms. The van der Waals surface area contributed by atoms with E-state index in [1.807, 2.05) is 73.6 Å². The molecule has 3 heterocycles. The Labute approximate surface area is 197 Å². The van der Waals surface area contributed by atoms with Gasteiger partial charge in [0, 0.05) is 32.4 Å². The van der Waals surface area contributed by atoms with Gasteiger partial charge in [-0.2, -0.15) is 4.68 Å². The number of aromatic nitrogens is 4. The van der Waals surface area contributed by atoms with Crippen LogP contribution in [-0.4, -0.2) is 71.8 Å². The summed E-state index contributed by atoms with van der Waals surface area (Å²) in [5.41, 5.74) is 2.03. The number of amides is 2. The van der Waals surface area contributed by atoms with E-state index in [1.165, 1.54) is 0 Å². The second-order valence-corrected chi connectivity index (χ2v) is 8.48. The van der Waals surface area contributed by atoms with Crippen molar-refractivity contribution in [3.05, 3.63) is 60.2 Å². The zero-order valence-corrected chi connectivity index (χ0v) is 19.0. The van der Waals surface area contributed by atoms with Gasteiger partial charge in [0.05, 0.1) is 19.3 Å². The van der Waals surface area contributed by atoms with Gasteiger partial charge in [-0.05, 0) is 28.1 Å². The van der Waals surface area contributed by atoms with Crippen LogP contribution in [0.25, 0.3) is 0 Å². The van der Waals surface area contributed by atoms with Gasteiger partial charge < -0.3 is 29.7 Å². The van der Waals surface area contributed by atoms with Crippen molar-refractivity contribution in [1.82, 2.24) is 30.8 Å². The first kappa shape index (κ1) is 22.1. The number of urea groups is 1. The average molecular weight is 466 g/mol. The van der Waals surface area contributed by atoms with Gasteiger partial charge in [-0.15, -0.1) is 0 Å². The van der Waals surface area contributed by atoms with Crippen molar-refractivity contribution in [3.63, 3.8) is 0 Å². The standard InChI is InChI=1S/C23H27N7O4/c1-29(2)16-9-6-10-17(11-16)34-23-26-27-28-30(23)19-14-33-20-18(13-32-21(19)20)25-22(31)24-12-15-7-4-3-5-8-15/h3-11,18-21H,12-14H2,1-2H3,(H2,24,25,31)/t18-,19+,20-,21+/m0/s1. The highest BCUT2D eigenvalue weighted by molar-refractivity contribution is 5.74. The minimum Gasteiger partial charge on any atom is -0.423 e. The third-order valence-corrected chi connectivity index (χ3v) is 5.96. The molecule has 2 fully saturated rings. The fourth-order valence-electron chi connectivity index (χ4n) is 4.20. The summed E-state index contributed by atoms with van der Waals surface area (Å²) in [6.07, 6.45) is -0.611. The van der Waals surface area contributed by atoms with Crippen LogP contribution in [0.5, 0.6) is 11.8 Å². The van der Waals surface area contributed by atoms with E-state index in [0.29, 0.717) is 25.5 Å². The summed E-state index contributed by atoms with van der Waals surface area (Å²) < 4.78 is 19.6. The molecule has 2 aliphatic rings. The second-order valence-electron chi connectivity index (χ2n) is 8.48. The Balaban J connectivity index is 1.21. The fourth-order valence-corrected chi connectivity index (χ4v) is 4.20. The topological polar surface area (TPSA) is 116 Å². The molecule has 4 atom stereocenters. The number of rotatable bonds is 7. The quantitative estimate of drug-likeness (QED) is 0.542. The SMILES string of the molecule is CN(C)c1cccc(Oc2nnnn2[C@@H]2CO[C@@H]3[C@@H]2OC[C@@H]3NC(=O)NCc2ccccc2)c1. The van der Waals surface area contributed by atoms with Crippen LogP contribution in [-0.2, 0) is 16.0 Å². The lowest BCUT2D eigenvalue weighted by atomic mass is 10.1. The van der Waals surface area contributed by atoms with Crippen molar-refractivity contribution in [2.24, 2.45) is 0 Å². The molecule has 1 aromatic heterocycles. The maximum atomic E-state index is 12.4. The van der Waals surface area contributed by atoms with Crippen LogP contribution in [0, 0.1) is 0 Å². The fraction of sp³-hybridized carbons (Fsp3) is 0.391. The van der Waals surface area contributed by atoms with E-state index >= 15 is 0 Å². The van der Waals surface area contributed by atoms with Gasteiger partial charge >= 0.3 is 12.0 Å². The average Bonchev–Trinajstić information content (AvgIpc) is 3.56. The van der Waals surface area contributed by atoms with Crippen molar-refractivity contribution < 1.29 is 19.0 Å². The summed E-state index contributed by atoms with van der Waals surface area (Å²) in [6.45, 7) is 1.13. The molecule has 3 aromatic rings. The lowest BCUT2D eigenvalue weighted by Crippen LogP contribution is -2.48. The number of ether oxygens (including phenoxy) is 3. The highest BCUT2D eigenvalue weighted by Crippen LogP contribution is 2.36. The highest BCUT2D eigenvalue weighted by Gasteiger charge is 2.50. The largest absolute Gasteiger partial charge is 0.423 e. The van der Waals surface area contributed by atoms with Crippen LogP contribution in [0.2, 0.25) is 0 Å². The number of fused-ring (bicyclic) bond motifs is 1. The third kappa shape index (κ3) is 4.66. The molecule has 0 saturated carbocycles. The van der Waals surface area contributed by atoms with Gasteiger partial charge in [-0.25, -0.2) is 4.79 Å². The van der Waals surface area contributed by atoms with E-state index in [0.717, 1.165) is 11.3 Å². The summed E-state index contributed by atoms with van der Waals surface area (Å²) in [5, 5.41) is 17.8. The number of carbonyl (C=O) groups is 1. The Hall–Kier alpha value is -3.70. The first-order valence-electron chi connectivity index (χ1n) is 11.1. The Kier molecular flexibility index (Phi) is 6.28. The number of hydrogen-bond donors (Lipinski definition) is 2. The molecule has 178 valence electrons. The predicted molar refractivity (Wildman–Crippen MR) is 123 cm³/mol. The lowest BCUT2D eigenvalue weighted by molar-refractivity contribution is 0.0613. The number of hydrogen-bond acceptors (Lipinski definition) is 8. The van der Waals surface area contributed by atoms with E-state index in [1.54, 1.807) is 4.68 Å². The number of nitrogens with one attached hydrogen (secondary N) is 2. The van der Waals surface area contributed by atoms with Gasteiger partial charge in [-0.3, -0.25) is 0 Å². The maximum absolute atomic E-state index is 12.4. The van der Waals surface area contributed by atoms with E-state index < -0.39 is 0 Å². The molecule has 0 bridgehead atoms. The molecule has 2 aromatic carbocycles. The summed E-state index contributed by atoms with van der Waals surface area (Å²) >= 11 is 0. The zero-order valence-electron chi connectivity index (χ0n) is 19.0. The first-order valence-corrected chi connectivity index (χ1v) is 11.1. The summed E-state index contributed by atoms with van der Waals surface area (Å²) in [5.74, 6) is 0.625. The number of nitrogens with zero attached hydrogens (tertiary/aromatic N) is 5. The van der Waals surface area contributed by atoms with Crippen molar-refractivity contribution in [1.29, 1.82) is 0 Å². The van der Waals surface area contributed by atoms with E-state index in [2.05, 4.69) is 26.2 Å². The third-order valence-electron chi connectivity index (χ3n) is 5.96. The monoisotopic (exact) mass is 465 g/mol. The van der Waals surface area contributed by atoms with E-state index in [9.17, 15) is 4.79 Å². The molecule has 2 amide bonds. The lowest BCUT2D eigenvalue weighted by Gasteiger charge is -2.18. The van der Waals surface area contributed by atoms with Crippen molar-refractivity contribution in [3.8, 4) is 11.8 Å². The van der Waals surface area contributed by atoms with Crippen molar-refractivity contribution in [2.75, 3.05) is 32.2 Å². The number of carbonyl (C=O) groups excluding carboxylic acids is 1. The predicted octanol–water partition coefficient (Wildman–Crippen LogP) is 1.74. The molecular weight excluding hydrogens is 438 g/mol. The van der Waals surface area contributed by atoms with Crippen LogP contribution in [0.3, 0.4) is 0 Å². The zero-order chi connectivity index (χ0) is 23.5. The normalized spacial score (nSPS) is 23.4. The van der Waals surface area contributed by atoms with Gasteiger partial charge in [0.2, 0.25) is 0 Å². The van der Waals surface area contributed by atoms with Crippen LogP contribution in [0.15, 0.2) is 54.6 Å². The number of benzene rings is 2. The van der Waals surface area contributed by atoms with E-state index in [4.69, 9.17) is 14.2 Å². The molecule has 11 nitrogen and oxygen atoms in total. The maximum Gasteiger partial charge on any atom is 0.341 e. The number of anilines is 1. The minimum atomic E-state index is -0.307. The Bertz CT molecular complexity index is 1120. The van der Waals surface area contributed by atoms with Gasteiger partial charge in [0.25, 0.3) is 0 Å². The molecule has 0 unspecified atom stereocenters. The smallest absolute Gasteiger partial charge is 0.341 e. The molecular formula is C23H27N7O4. The van der Waals surface area contributed by atoms with Crippen LogP contribution >= 0.6 is 0 Å². The van der Waals surface area contributed by atoms with E-state index in [-0.39, 0.29) is 36.3 Å². The Morgan fingerprint density at radius 3 is 2.76 bits per heavy atom. The van der Waals surface area contributed by atoms with Gasteiger partial charge in [0.15, 0.2) is 0 Å². The molecule has 34 heavy (non-hydrogen) atoms. The Morgan fingerprint density at radius 2 is 1.94 bits per heavy atom. The second kappa shape index (κ2) is 9.65. The molecule has 0 aliphatic carbocycles. The van der Waals surface area contributed by atoms with Crippen molar-refractivity contribution >= 4 is 11.7 Å². The molecule has 2 aliphatic heterocycles. The first-order chi connectivity index (χ1) is 16.6. The minimum absolute atomic E-state index is 0.255. The van der Waals surface area contributed by atoms with Crippen LogP contribution in [0.1, 0.15) is 11.6 Å². The Morgan fingerprint density at radius 1 is 1.12 bits per heavy atom. The highest BCUT2D eigenvalue weighted by atomic mass is 16.6. The molecule has 0 radical (unpaired) electrons. The summed E-state index contributed by atoms with van der Waals surface area (Å²) in [4.78, 5) is 14.4. The molecule has 11 heteroatoms. The molecule has 2 saturated heterocycles. The molecule has 5 rings (SSSR count). The van der Waals surface area contributed by atoms with Gasteiger partial charge in [0.1, 0.15) is 24.0 Å². The summed E-state index contributed by atoms with van der Waals surface area (Å²) in [6, 6.07) is 16.8. The van der Waals surface area contributed by atoms with Crippen LogP contribution in [0.4, 0.5) is 10.5 Å². The number of tetrazole rings is 1. The van der Waals surface area contributed by atoms with Crippen LogP contribution < -0.4 is 20.3 Å². The molecule has 2 N–H and O–H groups in total. The summed E-state index contributed by atoms with van der Waals surface area (Å²) in [7, 11) is 3.92.